The molecule has 0 heterocycles. The predicted molar refractivity (Wildman–Crippen MR) is 106 cm³/mol. The number of anilines is 2. The molecule has 2 rings (SSSR count). The van der Waals surface area contributed by atoms with Crippen LogP contribution >= 0.6 is 0 Å². The van der Waals surface area contributed by atoms with Crippen LogP contribution in [0.3, 0.4) is 0 Å². The van der Waals surface area contributed by atoms with Crippen LogP contribution in [0.5, 0.6) is 23.0 Å². The van der Waals surface area contributed by atoms with Crippen molar-refractivity contribution in [2.24, 2.45) is 0 Å². The number of nitrogens with one attached hydrogen (secondary N) is 1. The molecular weight excluding hydrogens is 364 g/mol. The van der Waals surface area contributed by atoms with Crippen molar-refractivity contribution in [1.82, 2.24) is 0 Å². The third kappa shape index (κ3) is 4.85. The van der Waals surface area contributed by atoms with Crippen LogP contribution in [0, 0.1) is 0 Å². The second-order valence-corrected chi connectivity index (χ2v) is 5.76. The van der Waals surface area contributed by atoms with Crippen molar-refractivity contribution in [1.29, 1.82) is 0 Å². The summed E-state index contributed by atoms with van der Waals surface area (Å²) in [5.41, 5.74) is 0.992. The van der Waals surface area contributed by atoms with Gasteiger partial charge in [0.05, 0.1) is 34.1 Å². The average Bonchev–Trinajstić information content (AvgIpc) is 2.71. The monoisotopic (exact) mass is 388 g/mol. The topological polar surface area (TPSA) is 86.3 Å². The normalized spacial score (nSPS) is 10.0. The summed E-state index contributed by atoms with van der Waals surface area (Å²) in [5, 5.41) is 2.75. The Kier molecular flexibility index (Phi) is 7.08. The minimum absolute atomic E-state index is 0.181. The number of benzene rings is 2. The zero-order valence-corrected chi connectivity index (χ0v) is 16.6. The van der Waals surface area contributed by atoms with Crippen molar-refractivity contribution < 1.29 is 28.5 Å². The number of rotatable bonds is 8. The van der Waals surface area contributed by atoms with Gasteiger partial charge in [0, 0.05) is 24.7 Å². The molecule has 2 aromatic rings. The molecule has 0 saturated carbocycles. The van der Waals surface area contributed by atoms with Crippen molar-refractivity contribution in [3.05, 3.63) is 36.4 Å². The van der Waals surface area contributed by atoms with Gasteiger partial charge in [-0.25, -0.2) is 0 Å². The number of methoxy groups -OCH3 is 4. The molecule has 0 atom stereocenters. The number of hydrogen-bond donors (Lipinski definition) is 1. The van der Waals surface area contributed by atoms with Crippen LogP contribution in [0.1, 0.15) is 6.92 Å². The maximum absolute atomic E-state index is 12.6. The number of hydrogen-bond acceptors (Lipinski definition) is 6. The highest BCUT2D eigenvalue weighted by atomic mass is 16.5. The Bertz CT molecular complexity index is 853. The van der Waals surface area contributed by atoms with Crippen molar-refractivity contribution in [2.45, 2.75) is 6.92 Å². The SMILES string of the molecule is COc1ccc(NC(=O)CN(C(C)=O)c2ccc(OC)c(OC)c2)c(OC)c1. The molecule has 8 heteroatoms. The summed E-state index contributed by atoms with van der Waals surface area (Å²) in [7, 11) is 6.06. The van der Waals surface area contributed by atoms with E-state index in [-0.39, 0.29) is 18.4 Å². The number of nitrogens with zero attached hydrogens (tertiary/aromatic N) is 1. The summed E-state index contributed by atoms with van der Waals surface area (Å²) in [5.74, 6) is 1.38. The first-order chi connectivity index (χ1) is 13.4. The van der Waals surface area contributed by atoms with E-state index in [9.17, 15) is 9.59 Å². The molecule has 1 N–H and O–H groups in total. The lowest BCUT2D eigenvalue weighted by Crippen LogP contribution is -2.36. The van der Waals surface area contributed by atoms with Crippen LogP contribution in [0.25, 0.3) is 0 Å². The van der Waals surface area contributed by atoms with E-state index in [0.717, 1.165) is 0 Å². The Morgan fingerprint density at radius 1 is 0.857 bits per heavy atom. The Morgan fingerprint density at radius 3 is 2.11 bits per heavy atom. The van der Waals surface area contributed by atoms with Gasteiger partial charge in [0.1, 0.15) is 18.0 Å². The predicted octanol–water partition coefficient (Wildman–Crippen LogP) is 2.71. The Labute approximate surface area is 163 Å². The van der Waals surface area contributed by atoms with E-state index in [1.807, 2.05) is 0 Å². The van der Waals surface area contributed by atoms with E-state index in [1.54, 1.807) is 43.5 Å². The lowest BCUT2D eigenvalue weighted by molar-refractivity contribution is -0.120. The van der Waals surface area contributed by atoms with E-state index < -0.39 is 0 Å². The highest BCUT2D eigenvalue weighted by Crippen LogP contribution is 2.32. The fraction of sp³-hybridized carbons (Fsp3) is 0.300. The molecule has 0 bridgehead atoms. The summed E-state index contributed by atoms with van der Waals surface area (Å²) in [4.78, 5) is 26.0. The minimum atomic E-state index is -0.381. The van der Waals surface area contributed by atoms with Gasteiger partial charge in [-0.15, -0.1) is 0 Å². The van der Waals surface area contributed by atoms with E-state index >= 15 is 0 Å². The smallest absolute Gasteiger partial charge is 0.244 e. The lowest BCUT2D eigenvalue weighted by atomic mass is 10.2. The molecule has 0 aliphatic carbocycles. The third-order valence-corrected chi connectivity index (χ3v) is 4.04. The largest absolute Gasteiger partial charge is 0.497 e. The van der Waals surface area contributed by atoms with Crippen molar-refractivity contribution in [3.8, 4) is 23.0 Å². The second kappa shape index (κ2) is 9.50. The second-order valence-electron chi connectivity index (χ2n) is 5.76. The van der Waals surface area contributed by atoms with Crippen LogP contribution in [0.4, 0.5) is 11.4 Å². The first-order valence-electron chi connectivity index (χ1n) is 8.45. The number of carbonyl (C=O) groups is 2. The van der Waals surface area contributed by atoms with Crippen LogP contribution in [0.15, 0.2) is 36.4 Å². The summed E-state index contributed by atoms with van der Waals surface area (Å²) in [6.45, 7) is 1.21. The highest BCUT2D eigenvalue weighted by molar-refractivity contribution is 6.02. The molecule has 0 aliphatic rings. The first kappa shape index (κ1) is 20.9. The van der Waals surface area contributed by atoms with Gasteiger partial charge in [-0.05, 0) is 24.3 Å². The zero-order chi connectivity index (χ0) is 20.7. The number of ether oxygens (including phenoxy) is 4. The molecule has 150 valence electrons. The fourth-order valence-electron chi connectivity index (χ4n) is 2.61. The summed E-state index contributed by atoms with van der Waals surface area (Å²) >= 11 is 0. The minimum Gasteiger partial charge on any atom is -0.497 e. The molecule has 2 amide bonds. The van der Waals surface area contributed by atoms with Gasteiger partial charge in [0.2, 0.25) is 11.8 Å². The van der Waals surface area contributed by atoms with E-state index in [0.29, 0.717) is 34.4 Å². The van der Waals surface area contributed by atoms with E-state index in [4.69, 9.17) is 18.9 Å². The molecule has 8 nitrogen and oxygen atoms in total. The Hall–Kier alpha value is -3.42. The van der Waals surface area contributed by atoms with Gasteiger partial charge in [-0.3, -0.25) is 9.59 Å². The quantitative estimate of drug-likeness (QED) is 0.748. The Balaban J connectivity index is 2.21. The molecule has 0 fully saturated rings. The lowest BCUT2D eigenvalue weighted by Gasteiger charge is -2.22. The van der Waals surface area contributed by atoms with Crippen molar-refractivity contribution in [2.75, 3.05) is 45.2 Å². The Morgan fingerprint density at radius 2 is 1.54 bits per heavy atom. The van der Waals surface area contributed by atoms with Crippen LogP contribution in [-0.2, 0) is 9.59 Å². The van der Waals surface area contributed by atoms with Gasteiger partial charge < -0.3 is 29.2 Å². The molecule has 0 unspecified atom stereocenters. The standard InChI is InChI=1S/C20H24N2O6/c1-13(23)22(14-6-9-17(26-3)19(10-14)28-5)12-20(24)21-16-8-7-15(25-2)11-18(16)27-4/h6-11H,12H2,1-5H3,(H,21,24). The molecule has 0 radical (unpaired) electrons. The number of carbonyl (C=O) groups excluding carboxylic acids is 2. The average molecular weight is 388 g/mol. The molecule has 0 aromatic heterocycles. The maximum atomic E-state index is 12.6. The van der Waals surface area contributed by atoms with Gasteiger partial charge in [-0.2, -0.15) is 0 Å². The van der Waals surface area contributed by atoms with E-state index in [1.165, 1.54) is 33.2 Å². The fourth-order valence-corrected chi connectivity index (χ4v) is 2.61. The van der Waals surface area contributed by atoms with E-state index in [2.05, 4.69) is 5.32 Å². The summed E-state index contributed by atoms with van der Waals surface area (Å²) in [6.07, 6.45) is 0. The van der Waals surface area contributed by atoms with Crippen LogP contribution in [-0.4, -0.2) is 46.8 Å². The summed E-state index contributed by atoms with van der Waals surface area (Å²) in [6, 6.07) is 10.0. The summed E-state index contributed by atoms with van der Waals surface area (Å²) < 4.78 is 20.9. The maximum Gasteiger partial charge on any atom is 0.244 e. The molecule has 0 aliphatic heterocycles. The van der Waals surface area contributed by atoms with Crippen LogP contribution in [0.2, 0.25) is 0 Å². The van der Waals surface area contributed by atoms with Gasteiger partial charge in [0.25, 0.3) is 0 Å². The van der Waals surface area contributed by atoms with Crippen LogP contribution < -0.4 is 29.2 Å². The van der Waals surface area contributed by atoms with Gasteiger partial charge >= 0.3 is 0 Å². The highest BCUT2D eigenvalue weighted by Gasteiger charge is 2.19. The van der Waals surface area contributed by atoms with Crippen molar-refractivity contribution in [3.63, 3.8) is 0 Å². The number of amides is 2. The van der Waals surface area contributed by atoms with Gasteiger partial charge in [-0.1, -0.05) is 0 Å². The first-order valence-corrected chi connectivity index (χ1v) is 8.45. The molecule has 0 saturated heterocycles. The van der Waals surface area contributed by atoms with Gasteiger partial charge in [0.15, 0.2) is 11.5 Å². The molecule has 28 heavy (non-hydrogen) atoms. The molecule has 0 spiro atoms. The van der Waals surface area contributed by atoms with Crippen molar-refractivity contribution >= 4 is 23.2 Å². The zero-order valence-electron chi connectivity index (χ0n) is 16.6. The third-order valence-electron chi connectivity index (χ3n) is 4.04. The molecular formula is C20H24N2O6. The molecule has 2 aromatic carbocycles.